The van der Waals surface area contributed by atoms with E-state index in [1.165, 1.54) is 11.9 Å². The van der Waals surface area contributed by atoms with E-state index < -0.39 is 0 Å². The van der Waals surface area contributed by atoms with E-state index >= 15 is 0 Å². The van der Waals surface area contributed by atoms with Crippen molar-refractivity contribution >= 4 is 35.1 Å². The molecule has 0 aliphatic carbocycles. The van der Waals surface area contributed by atoms with Gasteiger partial charge in [-0.1, -0.05) is 23.2 Å². The third kappa shape index (κ3) is 3.75. The molecule has 0 radical (unpaired) electrons. The molecule has 1 aromatic rings. The van der Waals surface area contributed by atoms with Crippen molar-refractivity contribution in [1.82, 2.24) is 4.72 Å². The molecular weight excluding hydrogens is 229 g/mol. The topological polar surface area (TPSA) is 32.3 Å². The number of benzene rings is 1. The van der Waals surface area contributed by atoms with Gasteiger partial charge in [0.25, 0.3) is 0 Å². The van der Waals surface area contributed by atoms with Crippen molar-refractivity contribution in [2.45, 2.75) is 4.90 Å². The maximum atomic E-state index is 8.53. The Morgan fingerprint density at radius 2 is 2.15 bits per heavy atom. The maximum Gasteiger partial charge on any atom is 0.0565 e. The van der Waals surface area contributed by atoms with Gasteiger partial charge in [0.1, 0.15) is 0 Å². The molecule has 0 spiro atoms. The van der Waals surface area contributed by atoms with Crippen LogP contribution in [0.4, 0.5) is 0 Å². The number of aliphatic hydroxyl groups is 1. The van der Waals surface area contributed by atoms with Crippen LogP contribution in [0.1, 0.15) is 0 Å². The van der Waals surface area contributed by atoms with Crippen molar-refractivity contribution in [2.24, 2.45) is 0 Å². The molecule has 0 saturated heterocycles. The first-order chi connectivity index (χ1) is 6.24. The molecule has 0 unspecified atom stereocenters. The normalized spacial score (nSPS) is 10.4. The van der Waals surface area contributed by atoms with Gasteiger partial charge in [0, 0.05) is 16.5 Å². The van der Waals surface area contributed by atoms with Crippen molar-refractivity contribution < 1.29 is 5.11 Å². The highest BCUT2D eigenvalue weighted by molar-refractivity contribution is 7.97. The van der Waals surface area contributed by atoms with E-state index in [1.54, 1.807) is 18.2 Å². The predicted molar refractivity (Wildman–Crippen MR) is 57.4 cm³/mol. The average Bonchev–Trinajstić information content (AvgIpc) is 2.11. The van der Waals surface area contributed by atoms with Crippen LogP contribution >= 0.6 is 35.1 Å². The minimum atomic E-state index is 0.102. The summed E-state index contributed by atoms with van der Waals surface area (Å²) in [5.74, 6) is 0. The van der Waals surface area contributed by atoms with Gasteiger partial charge in [0.2, 0.25) is 0 Å². The fraction of sp³-hybridized carbons (Fsp3) is 0.250. The smallest absolute Gasteiger partial charge is 0.0565 e. The lowest BCUT2D eigenvalue weighted by Crippen LogP contribution is -2.08. The summed E-state index contributed by atoms with van der Waals surface area (Å²) in [6, 6.07) is 5.26. The minimum Gasteiger partial charge on any atom is -0.395 e. The zero-order chi connectivity index (χ0) is 9.68. The lowest BCUT2D eigenvalue weighted by Gasteiger charge is -2.04. The number of nitrogens with one attached hydrogen (secondary N) is 1. The molecule has 0 heterocycles. The van der Waals surface area contributed by atoms with E-state index in [-0.39, 0.29) is 6.61 Å². The first-order valence-corrected chi connectivity index (χ1v) is 5.27. The van der Waals surface area contributed by atoms with Crippen LogP contribution in [0.2, 0.25) is 10.0 Å². The molecule has 2 N–H and O–H groups in total. The van der Waals surface area contributed by atoms with Crippen molar-refractivity contribution in [3.8, 4) is 0 Å². The summed E-state index contributed by atoms with van der Waals surface area (Å²) in [6.45, 7) is 0.624. The van der Waals surface area contributed by atoms with Crippen molar-refractivity contribution in [3.05, 3.63) is 28.2 Å². The van der Waals surface area contributed by atoms with Crippen molar-refractivity contribution in [2.75, 3.05) is 13.2 Å². The van der Waals surface area contributed by atoms with Crippen LogP contribution in [0.15, 0.2) is 23.1 Å². The number of aliphatic hydroxyl groups excluding tert-OH is 1. The molecule has 0 saturated carbocycles. The van der Waals surface area contributed by atoms with E-state index in [9.17, 15) is 0 Å². The summed E-state index contributed by atoms with van der Waals surface area (Å²) in [4.78, 5) is 0.864. The second kappa shape index (κ2) is 5.73. The summed E-state index contributed by atoms with van der Waals surface area (Å²) in [6.07, 6.45) is 0. The minimum absolute atomic E-state index is 0.102. The standard InChI is InChI=1S/C8H9Cl2NOS/c9-6-1-2-7(10)8(5-6)13-11-3-4-12/h1-2,5,11-12H,3-4H2. The molecule has 2 nitrogen and oxygen atoms in total. The quantitative estimate of drug-likeness (QED) is 0.624. The van der Waals surface area contributed by atoms with Gasteiger partial charge < -0.3 is 5.11 Å². The molecule has 13 heavy (non-hydrogen) atoms. The third-order valence-corrected chi connectivity index (χ3v) is 2.87. The van der Waals surface area contributed by atoms with E-state index in [1.807, 2.05) is 0 Å². The van der Waals surface area contributed by atoms with Crippen LogP contribution in [0.5, 0.6) is 0 Å². The van der Waals surface area contributed by atoms with E-state index in [0.717, 1.165) is 4.90 Å². The first-order valence-electron chi connectivity index (χ1n) is 3.69. The largest absolute Gasteiger partial charge is 0.395 e. The van der Waals surface area contributed by atoms with Gasteiger partial charge in [0.15, 0.2) is 0 Å². The van der Waals surface area contributed by atoms with Crippen LogP contribution in [0.3, 0.4) is 0 Å². The summed E-state index contributed by atoms with van der Waals surface area (Å²) in [7, 11) is 0. The summed E-state index contributed by atoms with van der Waals surface area (Å²) in [5, 5.41) is 9.84. The first kappa shape index (κ1) is 11.1. The molecule has 0 amide bonds. The Morgan fingerprint density at radius 1 is 1.38 bits per heavy atom. The molecule has 5 heteroatoms. The zero-order valence-electron chi connectivity index (χ0n) is 6.76. The number of rotatable bonds is 4. The molecule has 0 atom stereocenters. The maximum absolute atomic E-state index is 8.53. The Kier molecular flexibility index (Phi) is 4.91. The SMILES string of the molecule is OCCNSc1cc(Cl)ccc1Cl. The second-order valence-corrected chi connectivity index (χ2v) is 4.07. The van der Waals surface area contributed by atoms with Crippen LogP contribution in [-0.4, -0.2) is 18.3 Å². The van der Waals surface area contributed by atoms with Crippen LogP contribution < -0.4 is 4.72 Å². The Hall–Kier alpha value is 0.0700. The van der Waals surface area contributed by atoms with Gasteiger partial charge in [-0.05, 0) is 30.1 Å². The summed E-state index contributed by atoms with van der Waals surface area (Å²) in [5.41, 5.74) is 0. The zero-order valence-corrected chi connectivity index (χ0v) is 9.09. The van der Waals surface area contributed by atoms with Crippen LogP contribution in [0, 0.1) is 0 Å². The van der Waals surface area contributed by atoms with E-state index in [4.69, 9.17) is 28.3 Å². The Labute approximate surface area is 91.4 Å². The highest BCUT2D eigenvalue weighted by atomic mass is 35.5. The van der Waals surface area contributed by atoms with E-state index in [0.29, 0.717) is 16.6 Å². The molecule has 1 aromatic carbocycles. The Bertz CT molecular complexity index is 283. The summed E-state index contributed by atoms with van der Waals surface area (Å²) < 4.78 is 2.94. The molecule has 0 aliphatic rings. The molecule has 72 valence electrons. The van der Waals surface area contributed by atoms with Crippen LogP contribution in [-0.2, 0) is 0 Å². The van der Waals surface area contributed by atoms with Gasteiger partial charge >= 0.3 is 0 Å². The lowest BCUT2D eigenvalue weighted by molar-refractivity contribution is 0.302. The molecular formula is C8H9Cl2NOS. The number of halogens is 2. The van der Waals surface area contributed by atoms with Crippen molar-refractivity contribution in [1.29, 1.82) is 0 Å². The van der Waals surface area contributed by atoms with Crippen molar-refractivity contribution in [3.63, 3.8) is 0 Å². The monoisotopic (exact) mass is 237 g/mol. The number of hydrogen-bond acceptors (Lipinski definition) is 3. The lowest BCUT2D eigenvalue weighted by atomic mass is 10.4. The molecule has 0 aliphatic heterocycles. The fourth-order valence-corrected chi connectivity index (χ4v) is 1.90. The molecule has 1 rings (SSSR count). The second-order valence-electron chi connectivity index (χ2n) is 2.29. The van der Waals surface area contributed by atoms with Gasteiger partial charge in [-0.2, -0.15) is 0 Å². The van der Waals surface area contributed by atoms with Crippen LogP contribution in [0.25, 0.3) is 0 Å². The molecule has 0 fully saturated rings. The summed E-state index contributed by atoms with van der Waals surface area (Å²) >= 11 is 13.0. The Morgan fingerprint density at radius 3 is 2.85 bits per heavy atom. The van der Waals surface area contributed by atoms with Gasteiger partial charge in [-0.15, -0.1) is 0 Å². The molecule has 0 bridgehead atoms. The Balaban J connectivity index is 2.59. The van der Waals surface area contributed by atoms with Gasteiger partial charge in [-0.3, -0.25) is 4.72 Å². The predicted octanol–water partition coefficient (Wildman–Crippen LogP) is 2.58. The highest BCUT2D eigenvalue weighted by Crippen LogP contribution is 2.27. The molecule has 0 aromatic heterocycles. The highest BCUT2D eigenvalue weighted by Gasteiger charge is 2.00. The average molecular weight is 238 g/mol. The van der Waals surface area contributed by atoms with Gasteiger partial charge in [0.05, 0.1) is 11.6 Å². The van der Waals surface area contributed by atoms with E-state index in [2.05, 4.69) is 4.72 Å². The third-order valence-electron chi connectivity index (χ3n) is 1.29. The fourth-order valence-electron chi connectivity index (χ4n) is 0.730. The number of hydrogen-bond donors (Lipinski definition) is 2. The van der Waals surface area contributed by atoms with Gasteiger partial charge in [-0.25, -0.2) is 0 Å².